The predicted molar refractivity (Wildman–Crippen MR) is 47.4 cm³/mol. The van der Waals surface area contributed by atoms with E-state index < -0.39 is 10.7 Å². The minimum absolute atomic E-state index is 0.0505. The molecular formula is C8H5ClFNO2. The summed E-state index contributed by atoms with van der Waals surface area (Å²) in [7, 11) is 0. The predicted octanol–water partition coefficient (Wildman–Crippen LogP) is 2.73. The molecule has 0 aromatic heterocycles. The summed E-state index contributed by atoms with van der Waals surface area (Å²) >= 11 is 5.45. The van der Waals surface area contributed by atoms with E-state index in [0.29, 0.717) is 6.20 Å². The normalized spacial score (nSPS) is 10.6. The van der Waals surface area contributed by atoms with Gasteiger partial charge in [0.05, 0.1) is 9.95 Å². The number of halogens is 2. The molecule has 0 amide bonds. The zero-order chi connectivity index (χ0) is 9.84. The summed E-state index contributed by atoms with van der Waals surface area (Å²) in [4.78, 5) is 9.27. The molecule has 3 nitrogen and oxygen atoms in total. The summed E-state index contributed by atoms with van der Waals surface area (Å²) in [5.74, 6) is -0.651. The van der Waals surface area contributed by atoms with Crippen LogP contribution >= 0.6 is 11.6 Å². The molecule has 0 saturated carbocycles. The average molecular weight is 202 g/mol. The Labute approximate surface area is 78.6 Å². The van der Waals surface area contributed by atoms with Crippen LogP contribution in [0.5, 0.6) is 0 Å². The fraction of sp³-hybridized carbons (Fsp3) is 0. The third-order valence-electron chi connectivity index (χ3n) is 1.36. The van der Waals surface area contributed by atoms with Crippen LogP contribution < -0.4 is 0 Å². The zero-order valence-electron chi connectivity index (χ0n) is 6.41. The largest absolute Gasteiger partial charge is 0.259 e. The molecule has 0 atom stereocenters. The Kier molecular flexibility index (Phi) is 2.97. The first-order chi connectivity index (χ1) is 6.11. The van der Waals surface area contributed by atoms with Crippen LogP contribution in [0.3, 0.4) is 0 Å². The Hall–Kier alpha value is -1.42. The van der Waals surface area contributed by atoms with Gasteiger partial charge in [0.1, 0.15) is 5.82 Å². The minimum Gasteiger partial charge on any atom is -0.259 e. The number of benzene rings is 1. The highest BCUT2D eigenvalue weighted by atomic mass is 35.5. The standard InChI is InChI=1S/C8H5ClFNO2/c9-7-3-1-2-6(8(7)10)4-5-11(12)13/h1-5H. The first-order valence-electron chi connectivity index (χ1n) is 3.37. The second-order valence-electron chi connectivity index (χ2n) is 2.24. The van der Waals surface area contributed by atoms with E-state index in [1.807, 2.05) is 0 Å². The van der Waals surface area contributed by atoms with Gasteiger partial charge in [-0.05, 0) is 6.07 Å². The third kappa shape index (κ3) is 2.52. The SMILES string of the molecule is O=[N+]([O-])C=Cc1cccc(Cl)c1F. The fourth-order valence-electron chi connectivity index (χ4n) is 0.790. The number of hydrogen-bond acceptors (Lipinski definition) is 2. The molecule has 0 bridgehead atoms. The van der Waals surface area contributed by atoms with E-state index in [-0.39, 0.29) is 10.6 Å². The van der Waals surface area contributed by atoms with Crippen molar-refractivity contribution in [3.05, 3.63) is 50.9 Å². The van der Waals surface area contributed by atoms with Gasteiger partial charge in [-0.15, -0.1) is 0 Å². The van der Waals surface area contributed by atoms with Gasteiger partial charge in [0, 0.05) is 11.6 Å². The van der Waals surface area contributed by atoms with Gasteiger partial charge in [-0.3, -0.25) is 10.1 Å². The van der Waals surface area contributed by atoms with E-state index in [4.69, 9.17) is 11.6 Å². The van der Waals surface area contributed by atoms with E-state index in [0.717, 1.165) is 6.08 Å². The third-order valence-corrected chi connectivity index (χ3v) is 1.65. The molecule has 0 aliphatic rings. The molecular weight excluding hydrogens is 197 g/mol. The molecule has 5 heteroatoms. The van der Waals surface area contributed by atoms with E-state index >= 15 is 0 Å². The van der Waals surface area contributed by atoms with Gasteiger partial charge in [0.2, 0.25) is 6.20 Å². The van der Waals surface area contributed by atoms with Crippen molar-refractivity contribution in [3.63, 3.8) is 0 Å². The number of rotatable bonds is 2. The van der Waals surface area contributed by atoms with Crippen molar-refractivity contribution in [2.24, 2.45) is 0 Å². The first kappa shape index (κ1) is 9.67. The van der Waals surface area contributed by atoms with Crippen molar-refractivity contribution in [1.29, 1.82) is 0 Å². The van der Waals surface area contributed by atoms with E-state index in [2.05, 4.69) is 0 Å². The fourth-order valence-corrected chi connectivity index (χ4v) is 0.972. The quantitative estimate of drug-likeness (QED) is 0.545. The molecule has 13 heavy (non-hydrogen) atoms. The lowest BCUT2D eigenvalue weighted by Gasteiger charge is -1.96. The Morgan fingerprint density at radius 2 is 2.23 bits per heavy atom. The summed E-state index contributed by atoms with van der Waals surface area (Å²) in [5.41, 5.74) is 0.101. The number of nitro groups is 1. The Balaban J connectivity index is 3.02. The molecule has 0 spiro atoms. The van der Waals surface area contributed by atoms with Crippen LogP contribution in [0.1, 0.15) is 5.56 Å². The molecule has 0 aliphatic carbocycles. The molecule has 0 radical (unpaired) electrons. The van der Waals surface area contributed by atoms with Crippen LogP contribution in [-0.4, -0.2) is 4.92 Å². The highest BCUT2D eigenvalue weighted by molar-refractivity contribution is 6.30. The van der Waals surface area contributed by atoms with Crippen LogP contribution in [-0.2, 0) is 0 Å². The van der Waals surface area contributed by atoms with Crippen LogP contribution in [0.4, 0.5) is 4.39 Å². The van der Waals surface area contributed by atoms with Gasteiger partial charge >= 0.3 is 0 Å². The van der Waals surface area contributed by atoms with Gasteiger partial charge in [0.25, 0.3) is 0 Å². The number of nitrogens with zero attached hydrogens (tertiary/aromatic N) is 1. The molecule has 0 unspecified atom stereocenters. The summed E-state index contributed by atoms with van der Waals surface area (Å²) in [6.45, 7) is 0. The maximum Gasteiger partial charge on any atom is 0.235 e. The topological polar surface area (TPSA) is 43.1 Å². The van der Waals surface area contributed by atoms with E-state index in [1.165, 1.54) is 18.2 Å². The van der Waals surface area contributed by atoms with Crippen molar-refractivity contribution in [3.8, 4) is 0 Å². The van der Waals surface area contributed by atoms with Gasteiger partial charge in [0.15, 0.2) is 0 Å². The lowest BCUT2D eigenvalue weighted by molar-refractivity contribution is -0.400. The van der Waals surface area contributed by atoms with Crippen LogP contribution in [0.25, 0.3) is 6.08 Å². The Morgan fingerprint density at radius 3 is 2.85 bits per heavy atom. The Morgan fingerprint density at radius 1 is 1.54 bits per heavy atom. The minimum atomic E-state index is -0.666. The second kappa shape index (κ2) is 4.00. The van der Waals surface area contributed by atoms with Gasteiger partial charge in [-0.1, -0.05) is 23.7 Å². The Bertz CT molecular complexity index is 365. The molecule has 1 aromatic rings. The van der Waals surface area contributed by atoms with Crippen molar-refractivity contribution in [2.75, 3.05) is 0 Å². The summed E-state index contributed by atoms with van der Waals surface area (Å²) in [6, 6.07) is 4.30. The molecule has 1 rings (SSSR count). The average Bonchev–Trinajstić information content (AvgIpc) is 2.07. The summed E-state index contributed by atoms with van der Waals surface area (Å²) in [6.07, 6.45) is 1.72. The second-order valence-corrected chi connectivity index (χ2v) is 2.65. The van der Waals surface area contributed by atoms with Crippen molar-refractivity contribution in [2.45, 2.75) is 0 Å². The highest BCUT2D eigenvalue weighted by Gasteiger charge is 2.03. The van der Waals surface area contributed by atoms with Crippen LogP contribution in [0.15, 0.2) is 24.4 Å². The molecule has 0 saturated heterocycles. The van der Waals surface area contributed by atoms with Crippen molar-refractivity contribution < 1.29 is 9.31 Å². The van der Waals surface area contributed by atoms with Crippen molar-refractivity contribution in [1.82, 2.24) is 0 Å². The van der Waals surface area contributed by atoms with Gasteiger partial charge in [-0.25, -0.2) is 4.39 Å². The summed E-state index contributed by atoms with van der Waals surface area (Å²) < 4.78 is 13.0. The van der Waals surface area contributed by atoms with E-state index in [9.17, 15) is 14.5 Å². The highest BCUT2D eigenvalue weighted by Crippen LogP contribution is 2.18. The first-order valence-corrected chi connectivity index (χ1v) is 3.75. The van der Waals surface area contributed by atoms with Crippen LogP contribution in [0.2, 0.25) is 5.02 Å². The smallest absolute Gasteiger partial charge is 0.235 e. The van der Waals surface area contributed by atoms with Gasteiger partial charge < -0.3 is 0 Å². The molecule has 1 aromatic carbocycles. The molecule has 68 valence electrons. The van der Waals surface area contributed by atoms with Crippen LogP contribution in [0, 0.1) is 15.9 Å². The molecule has 0 fully saturated rings. The maximum absolute atomic E-state index is 13.0. The lowest BCUT2D eigenvalue weighted by Crippen LogP contribution is -1.86. The summed E-state index contributed by atoms with van der Waals surface area (Å²) in [5, 5.41) is 9.88. The van der Waals surface area contributed by atoms with Crippen molar-refractivity contribution >= 4 is 17.7 Å². The monoisotopic (exact) mass is 201 g/mol. The lowest BCUT2D eigenvalue weighted by atomic mass is 10.2. The maximum atomic E-state index is 13.0. The van der Waals surface area contributed by atoms with Gasteiger partial charge in [-0.2, -0.15) is 0 Å². The molecule has 0 N–H and O–H groups in total. The number of hydrogen-bond donors (Lipinski definition) is 0. The van der Waals surface area contributed by atoms with E-state index in [1.54, 1.807) is 0 Å². The molecule has 0 aliphatic heterocycles. The molecule has 0 heterocycles. The zero-order valence-corrected chi connectivity index (χ0v) is 7.16.